The number of aliphatic hydroxyl groups excluding tert-OH is 1. The Morgan fingerprint density at radius 3 is 2.71 bits per heavy atom. The average molecular weight is 499 g/mol. The molecule has 2 amide bonds. The number of esters is 1. The van der Waals surface area contributed by atoms with Crippen molar-refractivity contribution in [2.75, 3.05) is 19.8 Å². The molecule has 8 heteroatoms. The fourth-order valence-electron chi connectivity index (χ4n) is 5.90. The van der Waals surface area contributed by atoms with E-state index in [0.717, 1.165) is 12.0 Å². The predicted octanol–water partition coefficient (Wildman–Crippen LogP) is 2.79. The maximum Gasteiger partial charge on any atom is 0.310 e. The van der Waals surface area contributed by atoms with Crippen molar-refractivity contribution in [3.63, 3.8) is 0 Å². The number of fused-ring (bicyclic) bond motifs is 1. The number of likely N-dealkylation sites (tertiary alicyclic amines) is 1. The molecule has 0 aromatic heterocycles. The monoisotopic (exact) mass is 498 g/mol. The van der Waals surface area contributed by atoms with E-state index in [9.17, 15) is 19.5 Å². The Bertz CT molecular complexity index is 985. The van der Waals surface area contributed by atoms with Crippen LogP contribution in [0, 0.1) is 11.8 Å². The minimum absolute atomic E-state index is 0.0518. The highest BCUT2D eigenvalue weighted by Crippen LogP contribution is 2.66. The van der Waals surface area contributed by atoms with Crippen LogP contribution in [0.25, 0.3) is 0 Å². The van der Waals surface area contributed by atoms with Gasteiger partial charge in [0.25, 0.3) is 0 Å². The number of rotatable bonds is 11. The number of amides is 2. The Hall–Kier alpha value is -2.58. The van der Waals surface area contributed by atoms with Gasteiger partial charge in [-0.05, 0) is 31.7 Å². The van der Waals surface area contributed by atoms with Gasteiger partial charge in [-0.3, -0.25) is 14.4 Å². The van der Waals surface area contributed by atoms with Crippen LogP contribution in [0.3, 0.4) is 0 Å². The lowest BCUT2D eigenvalue weighted by atomic mass is 9.71. The van der Waals surface area contributed by atoms with E-state index in [1.807, 2.05) is 30.3 Å². The van der Waals surface area contributed by atoms with Crippen molar-refractivity contribution in [3.05, 3.63) is 61.2 Å². The number of carbonyl (C=O) groups excluding carboxylic acids is 3. The lowest BCUT2D eigenvalue weighted by Crippen LogP contribution is -2.56. The van der Waals surface area contributed by atoms with Crippen LogP contribution in [0.2, 0.25) is 0 Å². The van der Waals surface area contributed by atoms with Crippen molar-refractivity contribution in [2.24, 2.45) is 11.8 Å². The highest BCUT2D eigenvalue weighted by atomic mass is 32.2. The van der Waals surface area contributed by atoms with Gasteiger partial charge in [0.2, 0.25) is 11.8 Å². The van der Waals surface area contributed by atoms with E-state index in [4.69, 9.17) is 4.74 Å². The van der Waals surface area contributed by atoms with Crippen LogP contribution >= 0.6 is 11.8 Å². The molecule has 188 valence electrons. The third kappa shape index (κ3) is 4.42. The molecular weight excluding hydrogens is 464 g/mol. The molecule has 6 atom stereocenters. The van der Waals surface area contributed by atoms with Gasteiger partial charge >= 0.3 is 5.97 Å². The molecule has 1 N–H and O–H groups in total. The predicted molar refractivity (Wildman–Crippen MR) is 135 cm³/mol. The molecule has 0 aliphatic carbocycles. The first kappa shape index (κ1) is 25.5. The van der Waals surface area contributed by atoms with Gasteiger partial charge in [-0.25, -0.2) is 0 Å². The second-order valence-electron chi connectivity index (χ2n) is 9.57. The number of nitrogens with zero attached hydrogens (tertiary/aromatic N) is 2. The first-order chi connectivity index (χ1) is 16.9. The van der Waals surface area contributed by atoms with Gasteiger partial charge in [0.1, 0.15) is 6.04 Å². The Labute approximate surface area is 211 Å². The van der Waals surface area contributed by atoms with Crippen LogP contribution < -0.4 is 0 Å². The Morgan fingerprint density at radius 1 is 1.31 bits per heavy atom. The van der Waals surface area contributed by atoms with Crippen molar-refractivity contribution < 1.29 is 24.2 Å². The topological polar surface area (TPSA) is 87.1 Å². The third-order valence-corrected chi connectivity index (χ3v) is 9.38. The maximum absolute atomic E-state index is 14.2. The fraction of sp³-hybridized carbons (Fsp3) is 0.519. The molecule has 3 fully saturated rings. The van der Waals surface area contributed by atoms with Crippen LogP contribution in [0.4, 0.5) is 0 Å². The standard InChI is InChI=1S/C27H34N2O5S/c1-4-6-15-34-26(33)21-20-12-13-27(35-20)22(21)24(31)29(18(3)17-30)23(27)25(32)28(14-5-2)16-19-10-8-7-9-11-19/h4-5,7-11,18,20-23,30H,1-2,6,12-17H2,3H3/t18-,20-,21+,22+,23?,27?/m1/s1. The zero-order valence-electron chi connectivity index (χ0n) is 20.2. The van der Waals surface area contributed by atoms with E-state index in [-0.39, 0.29) is 36.2 Å². The van der Waals surface area contributed by atoms with Crippen molar-refractivity contribution >= 4 is 29.5 Å². The zero-order valence-corrected chi connectivity index (χ0v) is 21.0. The van der Waals surface area contributed by atoms with E-state index in [1.165, 1.54) is 0 Å². The molecule has 4 rings (SSSR count). The van der Waals surface area contributed by atoms with Gasteiger partial charge in [0.05, 0.1) is 35.8 Å². The second kappa shape index (κ2) is 10.6. The molecule has 3 aliphatic heterocycles. The van der Waals surface area contributed by atoms with Crippen LogP contribution in [0.5, 0.6) is 0 Å². The number of hydrogen-bond donors (Lipinski definition) is 1. The third-order valence-electron chi connectivity index (χ3n) is 7.43. The quantitative estimate of drug-likeness (QED) is 0.287. The molecule has 1 spiro atoms. The lowest BCUT2D eigenvalue weighted by molar-refractivity contribution is -0.154. The molecule has 3 aliphatic rings. The first-order valence-corrected chi connectivity index (χ1v) is 13.1. The Kier molecular flexibility index (Phi) is 7.71. The molecule has 1 aromatic carbocycles. The van der Waals surface area contributed by atoms with E-state index < -0.39 is 28.7 Å². The van der Waals surface area contributed by atoms with Gasteiger partial charge in [0, 0.05) is 18.3 Å². The summed E-state index contributed by atoms with van der Waals surface area (Å²) in [5, 5.41) is 9.94. The molecule has 3 saturated heterocycles. The number of aliphatic hydroxyl groups is 1. The molecule has 3 heterocycles. The fourth-order valence-corrected chi connectivity index (χ4v) is 8.09. The number of benzene rings is 1. The highest BCUT2D eigenvalue weighted by molar-refractivity contribution is 8.02. The molecule has 0 radical (unpaired) electrons. The largest absolute Gasteiger partial charge is 0.465 e. The molecule has 2 bridgehead atoms. The van der Waals surface area contributed by atoms with E-state index in [0.29, 0.717) is 25.9 Å². The van der Waals surface area contributed by atoms with Crippen LogP contribution in [0.1, 0.15) is 31.7 Å². The summed E-state index contributed by atoms with van der Waals surface area (Å²) in [6.45, 7) is 9.93. The van der Waals surface area contributed by atoms with Gasteiger partial charge in [-0.2, -0.15) is 0 Å². The van der Waals surface area contributed by atoms with Crippen molar-refractivity contribution in [2.45, 2.75) is 54.8 Å². The summed E-state index contributed by atoms with van der Waals surface area (Å²) in [4.78, 5) is 44.4. The van der Waals surface area contributed by atoms with E-state index in [2.05, 4.69) is 13.2 Å². The summed E-state index contributed by atoms with van der Waals surface area (Å²) < 4.78 is 4.79. The second-order valence-corrected chi connectivity index (χ2v) is 11.2. The summed E-state index contributed by atoms with van der Waals surface area (Å²) in [5.74, 6) is -1.99. The van der Waals surface area contributed by atoms with E-state index >= 15 is 0 Å². The van der Waals surface area contributed by atoms with Gasteiger partial charge in [-0.1, -0.05) is 42.5 Å². The van der Waals surface area contributed by atoms with Crippen molar-refractivity contribution in [3.8, 4) is 0 Å². The summed E-state index contributed by atoms with van der Waals surface area (Å²) in [6, 6.07) is 8.40. The maximum atomic E-state index is 14.2. The summed E-state index contributed by atoms with van der Waals surface area (Å²) in [7, 11) is 0. The number of ether oxygens (including phenoxy) is 1. The molecule has 1 aromatic rings. The molecule has 7 nitrogen and oxygen atoms in total. The van der Waals surface area contributed by atoms with E-state index in [1.54, 1.807) is 40.6 Å². The minimum Gasteiger partial charge on any atom is -0.465 e. The molecule has 0 saturated carbocycles. The lowest BCUT2D eigenvalue weighted by Gasteiger charge is -2.38. The smallest absolute Gasteiger partial charge is 0.310 e. The van der Waals surface area contributed by atoms with Crippen LogP contribution in [-0.2, 0) is 25.7 Å². The van der Waals surface area contributed by atoms with Crippen LogP contribution in [-0.4, -0.2) is 74.5 Å². The SMILES string of the molecule is C=CCCOC(=O)[C@@H]1[C@H]2C(=O)N([C@H](C)CO)C(C(=O)N(CC=C)Cc3ccccc3)C23CC[C@H]1S3. The summed E-state index contributed by atoms with van der Waals surface area (Å²) in [5.41, 5.74) is 0.981. The average Bonchev–Trinajstić information content (AvgIpc) is 3.51. The molecule has 2 unspecified atom stereocenters. The zero-order chi connectivity index (χ0) is 25.2. The number of carbonyl (C=O) groups is 3. The number of hydrogen-bond acceptors (Lipinski definition) is 6. The van der Waals surface area contributed by atoms with Gasteiger partial charge < -0.3 is 19.6 Å². The van der Waals surface area contributed by atoms with Crippen LogP contribution in [0.15, 0.2) is 55.6 Å². The van der Waals surface area contributed by atoms with Crippen molar-refractivity contribution in [1.29, 1.82) is 0 Å². The Balaban J connectivity index is 1.69. The normalized spacial score (nSPS) is 29.5. The molecule has 35 heavy (non-hydrogen) atoms. The molecular formula is C27H34N2O5S. The van der Waals surface area contributed by atoms with Gasteiger partial charge in [0.15, 0.2) is 0 Å². The van der Waals surface area contributed by atoms with Gasteiger partial charge in [-0.15, -0.1) is 24.9 Å². The number of thioether (sulfide) groups is 1. The summed E-state index contributed by atoms with van der Waals surface area (Å²) >= 11 is 1.60. The summed E-state index contributed by atoms with van der Waals surface area (Å²) in [6.07, 6.45) is 5.34. The first-order valence-electron chi connectivity index (χ1n) is 12.2. The van der Waals surface area contributed by atoms with Crippen molar-refractivity contribution in [1.82, 2.24) is 9.80 Å². The Morgan fingerprint density at radius 2 is 2.06 bits per heavy atom. The minimum atomic E-state index is -0.758. The highest BCUT2D eigenvalue weighted by Gasteiger charge is 2.74.